The van der Waals surface area contributed by atoms with Crippen molar-refractivity contribution in [2.75, 3.05) is 26.3 Å². The lowest BCUT2D eigenvalue weighted by Gasteiger charge is -2.63. The van der Waals surface area contributed by atoms with Crippen LogP contribution in [0.15, 0.2) is 23.8 Å². The normalized spacial score (nSPS) is 52.3. The Hall–Kier alpha value is -1.78. The van der Waals surface area contributed by atoms with E-state index in [1.54, 1.807) is 13.0 Å². The summed E-state index contributed by atoms with van der Waals surface area (Å²) in [7, 11) is 0. The summed E-state index contributed by atoms with van der Waals surface area (Å²) in [6.07, 6.45) is 10.3. The molecule has 0 amide bonds. The molecule has 0 radical (unpaired) electrons. The monoisotopic (exact) mass is 854 g/mol. The number of Topliss-reactive ketones (excluding diaryl/α,β-unsaturated/α-hetero) is 1. The number of ketones is 1. The Kier molecular flexibility index (Phi) is 13.0. The van der Waals surface area contributed by atoms with E-state index in [0.717, 1.165) is 64.5 Å². The number of piperidine rings is 2. The number of carbonyl (C=O) groups excluding carboxylic acids is 2. The van der Waals surface area contributed by atoms with Gasteiger partial charge in [0.25, 0.3) is 0 Å². The van der Waals surface area contributed by atoms with Crippen LogP contribution in [-0.4, -0.2) is 119 Å². The Morgan fingerprint density at radius 3 is 2.54 bits per heavy atom. The van der Waals surface area contributed by atoms with Gasteiger partial charge in [-0.15, -0.1) is 0 Å². The molecule has 4 bridgehead atoms. The van der Waals surface area contributed by atoms with Gasteiger partial charge in [-0.05, 0) is 146 Å². The van der Waals surface area contributed by atoms with E-state index in [9.17, 15) is 30.0 Å². The first kappa shape index (κ1) is 44.4. The molecule has 13 heteroatoms. The van der Waals surface area contributed by atoms with E-state index < -0.39 is 65.9 Å². The van der Waals surface area contributed by atoms with Crippen LogP contribution in [0.5, 0.6) is 0 Å². The number of fused-ring (bicyclic) bond motifs is 6. The predicted molar refractivity (Wildman–Crippen MR) is 227 cm³/mol. The van der Waals surface area contributed by atoms with E-state index in [1.807, 2.05) is 6.92 Å². The Balaban J connectivity index is 1.23. The number of ether oxygens (including phenoxy) is 3. The van der Waals surface area contributed by atoms with Crippen molar-refractivity contribution in [3.63, 3.8) is 0 Å². The first-order valence-corrected chi connectivity index (χ1v) is 24.4. The summed E-state index contributed by atoms with van der Waals surface area (Å²) in [6.45, 7) is 9.28. The standard InChI is InChI=1S/C48H76N4O9/c1-5-23(2)47(58)60-37-19-34-42(57)40-36(56)18-31(21-53)59-44(40)41-39-32-12-13-50-45(49)38(32)27(9-8-26-10-11-30(55)17-33(26)35(39)22-54)16-29(48(37,4)61-43(34)41)15-25-14-28-7-6-24(3)52-46(28)51-20-25/h5-7,24-35,37-46,50-55,57H,8-22,49H2,1-4H3/p+1. The summed E-state index contributed by atoms with van der Waals surface area (Å²) < 4.78 is 21.4. The second-order valence-corrected chi connectivity index (χ2v) is 21.6. The number of esters is 1. The number of aliphatic hydroxyl groups excluding tert-OH is 4. The average molecular weight is 854 g/mol. The molecule has 61 heavy (non-hydrogen) atoms. The lowest BCUT2D eigenvalue weighted by molar-refractivity contribution is -0.715. The van der Waals surface area contributed by atoms with Gasteiger partial charge in [0.15, 0.2) is 0 Å². The summed E-state index contributed by atoms with van der Waals surface area (Å²) in [5, 5.41) is 56.3. The molecule has 8 fully saturated rings. The summed E-state index contributed by atoms with van der Waals surface area (Å²) >= 11 is 0. The largest absolute Gasteiger partial charge is 0.456 e. The third-order valence-corrected chi connectivity index (χ3v) is 18.6. The van der Waals surface area contributed by atoms with Crippen molar-refractivity contribution in [1.29, 1.82) is 0 Å². The van der Waals surface area contributed by atoms with E-state index >= 15 is 0 Å². The van der Waals surface area contributed by atoms with Crippen molar-refractivity contribution in [2.24, 2.45) is 82.7 Å². The van der Waals surface area contributed by atoms with E-state index in [1.165, 1.54) is 0 Å². The molecule has 23 unspecified atom stereocenters. The van der Waals surface area contributed by atoms with Gasteiger partial charge in [-0.25, -0.2) is 4.79 Å². The van der Waals surface area contributed by atoms with Crippen LogP contribution in [-0.2, 0) is 23.8 Å². The van der Waals surface area contributed by atoms with Crippen molar-refractivity contribution in [2.45, 2.75) is 159 Å². The second kappa shape index (κ2) is 17.9. The maximum atomic E-state index is 14.4. The van der Waals surface area contributed by atoms with Gasteiger partial charge in [-0.3, -0.25) is 10.1 Å². The third-order valence-electron chi connectivity index (χ3n) is 18.6. The fourth-order valence-electron chi connectivity index (χ4n) is 15.5. The van der Waals surface area contributed by atoms with Gasteiger partial charge in [0.2, 0.25) is 0 Å². The number of aliphatic hydroxyl groups is 4. The number of nitrogens with one attached hydrogen (secondary N) is 2. The molecular weight excluding hydrogens is 777 g/mol. The van der Waals surface area contributed by atoms with Gasteiger partial charge >= 0.3 is 5.97 Å². The van der Waals surface area contributed by atoms with Crippen LogP contribution in [0.1, 0.15) is 98.3 Å². The SMILES string of the molecule is CC=C(C)C(=O)OC1CC2C(O)C3C(=O)CC(CO)OC3C3C2OC1(C)C(CC1C[NH2+]C2NC(C)C=CC2C1)CC1CCC2CCC(O)CC2C(CO)C3C2CCNC(N)C12. The third kappa shape index (κ3) is 8.05. The molecular formula is C48H77N4O9+. The quantitative estimate of drug-likeness (QED) is 0.109. The van der Waals surface area contributed by atoms with Crippen LogP contribution < -0.4 is 21.7 Å². The van der Waals surface area contributed by atoms with Gasteiger partial charge in [-0.2, -0.15) is 0 Å². The number of carbonyl (C=O) groups is 2. The lowest BCUT2D eigenvalue weighted by Crippen LogP contribution is -2.98. The van der Waals surface area contributed by atoms with Crippen molar-refractivity contribution < 1.29 is 49.5 Å². The Bertz CT molecular complexity index is 1660. The molecule has 9 rings (SSSR count). The van der Waals surface area contributed by atoms with Crippen LogP contribution in [0.3, 0.4) is 0 Å². The molecule has 342 valence electrons. The zero-order valence-corrected chi connectivity index (χ0v) is 37.0. The van der Waals surface area contributed by atoms with Crippen LogP contribution in [0.4, 0.5) is 0 Å². The molecule has 0 aromatic heterocycles. The van der Waals surface area contributed by atoms with Crippen molar-refractivity contribution in [3.05, 3.63) is 23.8 Å². The molecule has 5 saturated heterocycles. The number of hydrogen-bond donors (Lipinski definition) is 8. The molecule has 13 nitrogen and oxygen atoms in total. The summed E-state index contributed by atoms with van der Waals surface area (Å²) in [6, 6.07) is 0.339. The highest BCUT2D eigenvalue weighted by Gasteiger charge is 2.67. The molecule has 9 aliphatic rings. The van der Waals surface area contributed by atoms with Crippen molar-refractivity contribution >= 4 is 11.8 Å². The average Bonchev–Trinajstić information content (AvgIpc) is 3.29. The Labute approximate surface area is 362 Å². The Morgan fingerprint density at radius 2 is 1.77 bits per heavy atom. The molecule has 0 spiro atoms. The van der Waals surface area contributed by atoms with Crippen molar-refractivity contribution in [3.8, 4) is 0 Å². The van der Waals surface area contributed by atoms with Gasteiger partial charge in [0, 0.05) is 48.3 Å². The minimum Gasteiger partial charge on any atom is -0.456 e. The smallest absolute Gasteiger partial charge is 0.333 e. The molecule has 10 N–H and O–H groups in total. The summed E-state index contributed by atoms with van der Waals surface area (Å²) in [5.74, 6) is -1.40. The fraction of sp³-hybridized carbons (Fsp3) is 0.875. The molecule has 3 aliphatic carbocycles. The topological polar surface area (TPSA) is 209 Å². The number of allylic oxidation sites excluding steroid dienone is 1. The van der Waals surface area contributed by atoms with Gasteiger partial charge < -0.3 is 51.0 Å². The van der Waals surface area contributed by atoms with E-state index in [2.05, 4.69) is 41.9 Å². The molecule has 23 atom stereocenters. The lowest BCUT2D eigenvalue weighted by atomic mass is 9.50. The predicted octanol–water partition coefficient (Wildman–Crippen LogP) is 1.76. The maximum absolute atomic E-state index is 14.4. The van der Waals surface area contributed by atoms with Crippen LogP contribution >= 0.6 is 0 Å². The van der Waals surface area contributed by atoms with E-state index in [-0.39, 0.29) is 73.0 Å². The molecule has 3 saturated carbocycles. The highest BCUT2D eigenvalue weighted by atomic mass is 16.6. The minimum atomic E-state index is -1.11. The highest BCUT2D eigenvalue weighted by Crippen LogP contribution is 2.61. The first-order valence-electron chi connectivity index (χ1n) is 24.4. The molecule has 0 aromatic rings. The van der Waals surface area contributed by atoms with Gasteiger partial charge in [0.1, 0.15) is 23.7 Å². The number of quaternary nitrogens is 1. The number of rotatable bonds is 6. The van der Waals surface area contributed by atoms with Crippen LogP contribution in [0.2, 0.25) is 0 Å². The van der Waals surface area contributed by atoms with Crippen molar-refractivity contribution in [1.82, 2.24) is 10.6 Å². The van der Waals surface area contributed by atoms with Crippen LogP contribution in [0, 0.1) is 76.9 Å². The fourth-order valence-corrected chi connectivity index (χ4v) is 15.5. The summed E-state index contributed by atoms with van der Waals surface area (Å²) in [5.41, 5.74) is 6.91. The molecule has 6 aliphatic heterocycles. The second-order valence-electron chi connectivity index (χ2n) is 21.6. The Morgan fingerprint density at radius 1 is 0.984 bits per heavy atom. The maximum Gasteiger partial charge on any atom is 0.333 e. The summed E-state index contributed by atoms with van der Waals surface area (Å²) in [4.78, 5) is 28.4. The molecule has 6 heterocycles. The highest BCUT2D eigenvalue weighted by molar-refractivity contribution is 5.87. The van der Waals surface area contributed by atoms with E-state index in [4.69, 9.17) is 19.9 Å². The van der Waals surface area contributed by atoms with E-state index in [0.29, 0.717) is 48.4 Å². The molecule has 0 aromatic carbocycles. The van der Waals surface area contributed by atoms with Gasteiger partial charge in [0.05, 0.1) is 55.8 Å². The number of nitrogens with two attached hydrogens (primary N) is 2. The minimum absolute atomic E-state index is 0.0101. The van der Waals surface area contributed by atoms with Crippen LogP contribution in [0.25, 0.3) is 0 Å². The zero-order valence-electron chi connectivity index (χ0n) is 37.0. The first-order chi connectivity index (χ1) is 29.3. The van der Waals surface area contributed by atoms with Gasteiger partial charge in [-0.1, -0.05) is 18.2 Å². The zero-order chi connectivity index (χ0) is 42.9. The number of hydrogen-bond acceptors (Lipinski definition) is 12.